The van der Waals surface area contributed by atoms with E-state index < -0.39 is 23.6 Å². The summed E-state index contributed by atoms with van der Waals surface area (Å²) < 4.78 is 16.7. The number of pyridine rings is 1. The van der Waals surface area contributed by atoms with Gasteiger partial charge in [-0.3, -0.25) is 19.9 Å². The monoisotopic (exact) mass is 451 g/mol. The molecule has 4 rings (SSSR count). The smallest absolute Gasteiger partial charge is 0.322 e. The largest absolute Gasteiger partial charge is 0.493 e. The second-order valence-corrected chi connectivity index (χ2v) is 8.20. The molecule has 2 unspecified atom stereocenters. The van der Waals surface area contributed by atoms with Gasteiger partial charge < -0.3 is 19.5 Å². The molecule has 9 nitrogen and oxygen atoms in total. The number of amides is 3. The highest BCUT2D eigenvalue weighted by atomic mass is 16.5. The molecule has 3 amide bonds. The van der Waals surface area contributed by atoms with E-state index in [9.17, 15) is 14.4 Å². The van der Waals surface area contributed by atoms with E-state index in [4.69, 9.17) is 14.2 Å². The Morgan fingerprint density at radius 1 is 1.27 bits per heavy atom. The molecule has 2 N–H and O–H groups in total. The number of hydrogen-bond acceptors (Lipinski definition) is 7. The van der Waals surface area contributed by atoms with Crippen LogP contribution in [-0.4, -0.2) is 48.6 Å². The number of Topliss-reactive ketones (excluding diaryl/α,β-unsaturated/α-hetero) is 1. The SMILES string of the molecule is C=C(Cc1cc(OC)c(OC)cc1C(C)=O)CC1(C2Cc3cnccc3O2)NC(=O)NC1=O. The Morgan fingerprint density at radius 3 is 2.61 bits per heavy atom. The van der Waals surface area contributed by atoms with Gasteiger partial charge in [-0.15, -0.1) is 0 Å². The Kier molecular flexibility index (Phi) is 5.80. The van der Waals surface area contributed by atoms with Gasteiger partial charge in [-0.2, -0.15) is 0 Å². The number of nitrogens with one attached hydrogen (secondary N) is 2. The number of benzene rings is 1. The molecule has 2 aliphatic heterocycles. The first-order chi connectivity index (χ1) is 15.8. The molecule has 0 spiro atoms. The van der Waals surface area contributed by atoms with Crippen LogP contribution in [0.3, 0.4) is 0 Å². The van der Waals surface area contributed by atoms with Gasteiger partial charge in [0.2, 0.25) is 0 Å². The minimum absolute atomic E-state index is 0.127. The molecule has 0 bridgehead atoms. The van der Waals surface area contributed by atoms with Crippen LogP contribution in [0.25, 0.3) is 0 Å². The Morgan fingerprint density at radius 2 is 2.00 bits per heavy atom. The average Bonchev–Trinajstić information content (AvgIpc) is 3.34. The number of hydrogen-bond donors (Lipinski definition) is 2. The molecular formula is C24H25N3O6. The van der Waals surface area contributed by atoms with Crippen molar-refractivity contribution in [1.29, 1.82) is 0 Å². The summed E-state index contributed by atoms with van der Waals surface area (Å²) in [4.78, 5) is 41.5. The standard InChI is InChI=1S/C24H25N3O6/c1-13(7-15-8-19(31-3)20(32-4)10-17(15)14(2)28)11-24(22(29)26-23(30)27-24)21-9-16-12-25-6-5-18(16)33-21/h5-6,8,10,12,21H,1,7,9,11H2,2-4H3,(H2,26,27,29,30). The maximum absolute atomic E-state index is 13.0. The highest BCUT2D eigenvalue weighted by Gasteiger charge is 2.55. The summed E-state index contributed by atoms with van der Waals surface area (Å²) in [7, 11) is 3.02. The van der Waals surface area contributed by atoms with Gasteiger partial charge in [0.1, 0.15) is 11.9 Å². The van der Waals surface area contributed by atoms with Crippen molar-refractivity contribution in [3.8, 4) is 17.2 Å². The minimum atomic E-state index is -1.33. The van der Waals surface area contributed by atoms with Crippen molar-refractivity contribution >= 4 is 17.7 Å². The zero-order chi connectivity index (χ0) is 23.8. The fraction of sp³-hybridized carbons (Fsp3) is 0.333. The van der Waals surface area contributed by atoms with Crippen molar-refractivity contribution in [3.63, 3.8) is 0 Å². The summed E-state index contributed by atoms with van der Waals surface area (Å²) in [5.41, 5.74) is 1.32. The molecule has 1 saturated heterocycles. The Labute approximate surface area is 191 Å². The van der Waals surface area contributed by atoms with Crippen molar-refractivity contribution in [2.24, 2.45) is 0 Å². The van der Waals surface area contributed by atoms with Crippen molar-refractivity contribution in [3.05, 3.63) is 59.4 Å². The van der Waals surface area contributed by atoms with Crippen LogP contribution in [-0.2, 0) is 17.6 Å². The number of methoxy groups -OCH3 is 2. The van der Waals surface area contributed by atoms with E-state index in [1.807, 2.05) is 0 Å². The highest BCUT2D eigenvalue weighted by molar-refractivity contribution is 6.07. The number of imide groups is 1. The summed E-state index contributed by atoms with van der Waals surface area (Å²) in [6.45, 7) is 5.62. The van der Waals surface area contributed by atoms with Crippen LogP contribution in [0.2, 0.25) is 0 Å². The summed E-state index contributed by atoms with van der Waals surface area (Å²) in [5.74, 6) is 0.948. The zero-order valence-electron chi connectivity index (χ0n) is 18.7. The number of rotatable bonds is 8. The van der Waals surface area contributed by atoms with E-state index in [0.29, 0.717) is 46.8 Å². The Bertz CT molecular complexity index is 1140. The van der Waals surface area contributed by atoms with Crippen molar-refractivity contribution in [2.75, 3.05) is 14.2 Å². The Balaban J connectivity index is 1.63. The third-order valence-corrected chi connectivity index (χ3v) is 6.01. The maximum Gasteiger partial charge on any atom is 0.322 e. The molecule has 9 heteroatoms. The molecule has 2 aliphatic rings. The lowest BCUT2D eigenvalue weighted by Gasteiger charge is -2.32. The van der Waals surface area contributed by atoms with E-state index in [-0.39, 0.29) is 12.2 Å². The summed E-state index contributed by atoms with van der Waals surface area (Å²) in [6.07, 6.45) is 3.51. The van der Waals surface area contributed by atoms with Gasteiger partial charge >= 0.3 is 6.03 Å². The van der Waals surface area contributed by atoms with Crippen LogP contribution in [0.15, 0.2) is 42.7 Å². The molecular weight excluding hydrogens is 426 g/mol. The molecule has 3 heterocycles. The van der Waals surface area contributed by atoms with Gasteiger partial charge in [-0.25, -0.2) is 4.79 Å². The van der Waals surface area contributed by atoms with Crippen LogP contribution in [0.4, 0.5) is 4.79 Å². The van der Waals surface area contributed by atoms with Gasteiger partial charge in [-0.05, 0) is 37.1 Å². The van der Waals surface area contributed by atoms with Gasteiger partial charge in [0.25, 0.3) is 5.91 Å². The summed E-state index contributed by atoms with van der Waals surface area (Å²) in [6, 6.07) is 4.51. The van der Waals surface area contributed by atoms with Crippen molar-refractivity contribution < 1.29 is 28.6 Å². The molecule has 33 heavy (non-hydrogen) atoms. The third kappa shape index (κ3) is 4.02. The molecule has 2 atom stereocenters. The second kappa shape index (κ2) is 8.57. The first kappa shape index (κ1) is 22.3. The number of nitrogens with zero attached hydrogens (tertiary/aromatic N) is 1. The number of ketones is 1. The minimum Gasteiger partial charge on any atom is -0.493 e. The number of carbonyl (C=O) groups is 3. The van der Waals surface area contributed by atoms with E-state index in [2.05, 4.69) is 22.2 Å². The first-order valence-corrected chi connectivity index (χ1v) is 10.4. The highest BCUT2D eigenvalue weighted by Crippen LogP contribution is 2.38. The quantitative estimate of drug-likeness (QED) is 0.360. The number of carbonyl (C=O) groups excluding carboxylic acids is 3. The molecule has 1 aromatic heterocycles. The molecule has 1 fully saturated rings. The third-order valence-electron chi connectivity index (χ3n) is 6.01. The normalized spacial score (nSPS) is 21.0. The Hall–Kier alpha value is -3.88. The molecule has 1 aromatic carbocycles. The van der Waals surface area contributed by atoms with E-state index >= 15 is 0 Å². The van der Waals surface area contributed by atoms with Gasteiger partial charge in [0.15, 0.2) is 22.8 Å². The predicted octanol–water partition coefficient (Wildman–Crippen LogP) is 2.37. The van der Waals surface area contributed by atoms with Gasteiger partial charge in [-0.1, -0.05) is 12.2 Å². The molecule has 172 valence electrons. The van der Waals surface area contributed by atoms with E-state index in [0.717, 1.165) is 5.56 Å². The van der Waals surface area contributed by atoms with Crippen LogP contribution in [0.1, 0.15) is 34.8 Å². The topological polar surface area (TPSA) is 116 Å². The molecule has 0 aliphatic carbocycles. The van der Waals surface area contributed by atoms with E-state index in [1.165, 1.54) is 21.1 Å². The second-order valence-electron chi connectivity index (χ2n) is 8.20. The first-order valence-electron chi connectivity index (χ1n) is 10.4. The van der Waals surface area contributed by atoms with E-state index in [1.54, 1.807) is 30.6 Å². The molecule has 0 radical (unpaired) electrons. The number of ether oxygens (including phenoxy) is 3. The van der Waals surface area contributed by atoms with Gasteiger partial charge in [0.05, 0.1) is 14.2 Å². The lowest BCUT2D eigenvalue weighted by molar-refractivity contribution is -0.127. The summed E-state index contributed by atoms with van der Waals surface area (Å²) in [5, 5.41) is 5.10. The van der Waals surface area contributed by atoms with Gasteiger partial charge in [0, 0.05) is 36.4 Å². The fourth-order valence-electron chi connectivity index (χ4n) is 4.44. The predicted molar refractivity (Wildman–Crippen MR) is 119 cm³/mol. The molecule has 2 aromatic rings. The summed E-state index contributed by atoms with van der Waals surface area (Å²) >= 11 is 0. The lowest BCUT2D eigenvalue weighted by Crippen LogP contribution is -2.58. The average molecular weight is 451 g/mol. The van der Waals surface area contributed by atoms with Crippen LogP contribution < -0.4 is 24.8 Å². The number of fused-ring (bicyclic) bond motifs is 1. The maximum atomic E-state index is 13.0. The van der Waals surface area contributed by atoms with Crippen LogP contribution in [0.5, 0.6) is 17.2 Å². The van der Waals surface area contributed by atoms with Crippen molar-refractivity contribution in [2.45, 2.75) is 37.8 Å². The number of urea groups is 1. The van der Waals surface area contributed by atoms with Crippen molar-refractivity contribution in [1.82, 2.24) is 15.6 Å². The zero-order valence-corrected chi connectivity index (χ0v) is 18.7. The van der Waals surface area contributed by atoms with Crippen LogP contribution in [0, 0.1) is 0 Å². The fourth-order valence-corrected chi connectivity index (χ4v) is 4.44. The van der Waals surface area contributed by atoms with Crippen LogP contribution >= 0.6 is 0 Å². The lowest BCUT2D eigenvalue weighted by atomic mass is 9.82. The molecule has 0 saturated carbocycles. The number of aromatic nitrogens is 1.